The van der Waals surface area contributed by atoms with E-state index in [0.29, 0.717) is 6.07 Å². The Labute approximate surface area is 136 Å². The molecule has 0 fully saturated rings. The number of halogens is 2. The van der Waals surface area contributed by atoms with Gasteiger partial charge in [0.1, 0.15) is 5.82 Å². The predicted octanol–water partition coefficient (Wildman–Crippen LogP) is 3.03. The zero-order valence-electron chi connectivity index (χ0n) is 12.5. The molecule has 0 aliphatic carbocycles. The quantitative estimate of drug-likeness (QED) is 0.876. The van der Waals surface area contributed by atoms with Crippen LogP contribution in [0.15, 0.2) is 30.6 Å². The van der Waals surface area contributed by atoms with Gasteiger partial charge in [-0.1, -0.05) is 0 Å². The first-order chi connectivity index (χ1) is 11.0. The predicted molar refractivity (Wildman–Crippen MR) is 83.8 cm³/mol. The van der Waals surface area contributed by atoms with Crippen LogP contribution in [0.5, 0.6) is 11.8 Å². The zero-order valence-corrected chi connectivity index (χ0v) is 13.4. The van der Waals surface area contributed by atoms with Gasteiger partial charge < -0.3 is 10.1 Å². The highest BCUT2D eigenvalue weighted by Gasteiger charge is 2.12. The molecule has 0 bridgehead atoms. The maximum Gasteiger partial charge on any atom is 0.322 e. The van der Waals surface area contributed by atoms with Crippen molar-refractivity contribution in [2.45, 2.75) is 13.0 Å². The van der Waals surface area contributed by atoms with E-state index in [1.807, 2.05) is 13.2 Å². The van der Waals surface area contributed by atoms with Gasteiger partial charge in [0.05, 0.1) is 5.56 Å². The Morgan fingerprint density at radius 2 is 2.04 bits per heavy atom. The Balaban J connectivity index is 2.03. The molecule has 0 aliphatic heterocycles. The molecule has 0 radical (unpaired) electrons. The van der Waals surface area contributed by atoms with E-state index in [1.54, 1.807) is 11.8 Å². The summed E-state index contributed by atoms with van der Waals surface area (Å²) in [6, 6.07) is 2.78. The fraction of sp³-hybridized carbons (Fsp3) is 0.267. The first-order valence-corrected chi connectivity index (χ1v) is 8.13. The lowest BCUT2D eigenvalue weighted by Crippen LogP contribution is -2.34. The second-order valence-corrected chi connectivity index (χ2v) is 5.67. The number of aromatic nitrogens is 2. The summed E-state index contributed by atoms with van der Waals surface area (Å²) in [4.78, 5) is 19.7. The number of thioether (sulfide) groups is 1. The number of rotatable bonds is 6. The molecule has 0 saturated heterocycles. The number of hydrogen-bond acceptors (Lipinski definition) is 5. The Morgan fingerprint density at radius 1 is 1.35 bits per heavy atom. The summed E-state index contributed by atoms with van der Waals surface area (Å²) in [7, 11) is 0. The molecule has 8 heteroatoms. The normalized spacial score (nSPS) is 11.8. The minimum Gasteiger partial charge on any atom is -0.421 e. The van der Waals surface area contributed by atoms with Gasteiger partial charge in [-0.3, -0.25) is 4.79 Å². The van der Waals surface area contributed by atoms with Crippen molar-refractivity contribution in [2.24, 2.45) is 0 Å². The lowest BCUT2D eigenvalue weighted by molar-refractivity contribution is 0.0943. The molecule has 122 valence electrons. The molecule has 2 aromatic rings. The minimum absolute atomic E-state index is 0.0155. The maximum atomic E-state index is 13.5. The van der Waals surface area contributed by atoms with Crippen LogP contribution in [0.25, 0.3) is 0 Å². The van der Waals surface area contributed by atoms with Crippen molar-refractivity contribution in [2.75, 3.05) is 12.0 Å². The zero-order chi connectivity index (χ0) is 16.8. The van der Waals surface area contributed by atoms with Gasteiger partial charge in [-0.05, 0) is 25.3 Å². The van der Waals surface area contributed by atoms with Crippen molar-refractivity contribution in [3.63, 3.8) is 0 Å². The van der Waals surface area contributed by atoms with Gasteiger partial charge in [0.2, 0.25) is 0 Å². The maximum absolute atomic E-state index is 13.5. The van der Waals surface area contributed by atoms with Crippen LogP contribution in [0.4, 0.5) is 8.78 Å². The summed E-state index contributed by atoms with van der Waals surface area (Å²) in [5.41, 5.74) is 0.268. The van der Waals surface area contributed by atoms with E-state index in [-0.39, 0.29) is 29.3 Å². The third kappa shape index (κ3) is 4.88. The van der Waals surface area contributed by atoms with E-state index in [2.05, 4.69) is 15.3 Å². The molecular formula is C15H15F2N3O2S. The van der Waals surface area contributed by atoms with Crippen LogP contribution >= 0.6 is 11.8 Å². The smallest absolute Gasteiger partial charge is 0.322 e. The number of ether oxygens (including phenoxy) is 1. The first kappa shape index (κ1) is 17.1. The van der Waals surface area contributed by atoms with Crippen LogP contribution in [-0.4, -0.2) is 33.9 Å². The number of nitrogens with one attached hydrogen (secondary N) is 1. The molecule has 1 aromatic heterocycles. The summed E-state index contributed by atoms with van der Waals surface area (Å²) in [5, 5.41) is 2.80. The molecule has 0 aliphatic rings. The molecule has 0 unspecified atom stereocenters. The van der Waals surface area contributed by atoms with Gasteiger partial charge in [0.25, 0.3) is 5.91 Å². The molecule has 1 N–H and O–H groups in total. The molecule has 1 heterocycles. The van der Waals surface area contributed by atoms with Gasteiger partial charge in [-0.25, -0.2) is 18.7 Å². The standard InChI is InChI=1S/C15H15F2N3O2S/c1-9(8-23-2)20-14(21)10-6-18-15(19-7-10)22-13-4-3-11(16)5-12(13)17/h3-7,9H,8H2,1-2H3,(H,20,21)/t9-/m1/s1. The van der Waals surface area contributed by atoms with Gasteiger partial charge in [0.15, 0.2) is 11.6 Å². The second-order valence-electron chi connectivity index (χ2n) is 4.76. The number of benzene rings is 1. The molecule has 0 spiro atoms. The van der Waals surface area contributed by atoms with Crippen LogP contribution in [0, 0.1) is 11.6 Å². The van der Waals surface area contributed by atoms with E-state index in [0.717, 1.165) is 17.9 Å². The number of carbonyl (C=O) groups excluding carboxylic acids is 1. The highest BCUT2D eigenvalue weighted by atomic mass is 32.2. The SMILES string of the molecule is CSC[C@@H](C)NC(=O)c1cnc(Oc2ccc(F)cc2F)nc1. The van der Waals surface area contributed by atoms with Crippen molar-refractivity contribution in [3.8, 4) is 11.8 Å². The van der Waals surface area contributed by atoms with Gasteiger partial charge >= 0.3 is 6.01 Å². The van der Waals surface area contributed by atoms with Crippen molar-refractivity contribution in [3.05, 3.63) is 47.8 Å². The van der Waals surface area contributed by atoms with Crippen molar-refractivity contribution < 1.29 is 18.3 Å². The van der Waals surface area contributed by atoms with E-state index >= 15 is 0 Å². The third-order valence-electron chi connectivity index (χ3n) is 2.78. The second kappa shape index (κ2) is 7.87. The molecule has 1 aromatic carbocycles. The largest absolute Gasteiger partial charge is 0.421 e. The van der Waals surface area contributed by atoms with Crippen LogP contribution < -0.4 is 10.1 Å². The third-order valence-corrected chi connectivity index (χ3v) is 3.61. The summed E-state index contributed by atoms with van der Waals surface area (Å²) in [5.74, 6) is -1.27. The van der Waals surface area contributed by atoms with Gasteiger partial charge in [-0.15, -0.1) is 0 Å². The number of nitrogens with zero attached hydrogens (tertiary/aromatic N) is 2. The highest BCUT2D eigenvalue weighted by molar-refractivity contribution is 7.98. The van der Waals surface area contributed by atoms with Crippen LogP contribution in [0.3, 0.4) is 0 Å². The summed E-state index contributed by atoms with van der Waals surface area (Å²) < 4.78 is 31.4. The lowest BCUT2D eigenvalue weighted by Gasteiger charge is -2.12. The van der Waals surface area contributed by atoms with E-state index < -0.39 is 11.6 Å². The van der Waals surface area contributed by atoms with Crippen LogP contribution in [0.1, 0.15) is 17.3 Å². The summed E-state index contributed by atoms with van der Waals surface area (Å²) in [6.45, 7) is 1.89. The summed E-state index contributed by atoms with van der Waals surface area (Å²) >= 11 is 1.62. The van der Waals surface area contributed by atoms with E-state index in [9.17, 15) is 13.6 Å². The molecule has 1 atom stereocenters. The molecule has 23 heavy (non-hydrogen) atoms. The Morgan fingerprint density at radius 3 is 2.65 bits per heavy atom. The van der Waals surface area contributed by atoms with Crippen molar-refractivity contribution in [1.82, 2.24) is 15.3 Å². The number of hydrogen-bond donors (Lipinski definition) is 1. The van der Waals surface area contributed by atoms with E-state index in [4.69, 9.17) is 4.74 Å². The van der Waals surface area contributed by atoms with Crippen molar-refractivity contribution in [1.29, 1.82) is 0 Å². The topological polar surface area (TPSA) is 64.1 Å². The number of carbonyl (C=O) groups is 1. The van der Waals surface area contributed by atoms with Crippen molar-refractivity contribution >= 4 is 17.7 Å². The fourth-order valence-corrected chi connectivity index (χ4v) is 2.32. The minimum atomic E-state index is -0.860. The monoisotopic (exact) mass is 339 g/mol. The van der Waals surface area contributed by atoms with Gasteiger partial charge in [0, 0.05) is 30.3 Å². The molecule has 1 amide bonds. The number of amides is 1. The first-order valence-electron chi connectivity index (χ1n) is 6.74. The lowest BCUT2D eigenvalue weighted by atomic mass is 10.3. The van der Waals surface area contributed by atoms with Gasteiger partial charge in [-0.2, -0.15) is 11.8 Å². The van der Waals surface area contributed by atoms with Crippen LogP contribution in [-0.2, 0) is 0 Å². The average molecular weight is 339 g/mol. The molecule has 2 rings (SSSR count). The Bertz CT molecular complexity index is 683. The van der Waals surface area contributed by atoms with Crippen LogP contribution in [0.2, 0.25) is 0 Å². The Kier molecular flexibility index (Phi) is 5.86. The summed E-state index contributed by atoms with van der Waals surface area (Å²) in [6.07, 6.45) is 4.52. The highest BCUT2D eigenvalue weighted by Crippen LogP contribution is 2.22. The fourth-order valence-electron chi connectivity index (χ4n) is 1.74. The van der Waals surface area contributed by atoms with E-state index in [1.165, 1.54) is 12.4 Å². The Hall–Kier alpha value is -2.22. The molecular weight excluding hydrogens is 324 g/mol. The molecule has 0 saturated carbocycles. The molecule has 5 nitrogen and oxygen atoms in total. The average Bonchev–Trinajstić information content (AvgIpc) is 2.51.